The van der Waals surface area contributed by atoms with Crippen molar-refractivity contribution in [2.75, 3.05) is 25.7 Å². The summed E-state index contributed by atoms with van der Waals surface area (Å²) in [6.45, 7) is 1.94. The summed E-state index contributed by atoms with van der Waals surface area (Å²) >= 11 is 13.7. The summed E-state index contributed by atoms with van der Waals surface area (Å²) in [6.07, 6.45) is 2.68. The standard InChI is InChI=1S/C25H18Cl2N6O5S/c1-11-4-13(19-15(5-11)31-17(35-3)9-28-19)23-32-20-14(26)6-16-21(22(20)39-23)36-10-18(37-16)38-25(34)33(2)12-7-29-24(27)30-8-12/h4-9,18H,10H2,1-3H3/t18-/m1/s1. The molecule has 4 heterocycles. The Hall–Kier alpha value is -4.00. The van der Waals surface area contributed by atoms with Crippen molar-refractivity contribution >= 4 is 67.6 Å². The SMILES string of the molecule is COc1cnc2c(-c3nc4c(Cl)cc5c(c4s3)OC[C@@H](OC(=O)N(C)c3cnc(Cl)nc3)O5)cc(C)cc2n1. The van der Waals surface area contributed by atoms with Gasteiger partial charge >= 0.3 is 6.09 Å². The van der Waals surface area contributed by atoms with E-state index in [1.807, 2.05) is 19.1 Å². The van der Waals surface area contributed by atoms with Crippen molar-refractivity contribution in [2.24, 2.45) is 0 Å². The second kappa shape index (κ2) is 9.95. The summed E-state index contributed by atoms with van der Waals surface area (Å²) in [6, 6.07) is 5.53. The fraction of sp³-hybridized carbons (Fsp3) is 0.200. The first kappa shape index (κ1) is 25.3. The highest BCUT2D eigenvalue weighted by molar-refractivity contribution is 7.22. The van der Waals surface area contributed by atoms with E-state index in [1.165, 1.54) is 35.7 Å². The van der Waals surface area contributed by atoms with Crippen molar-refractivity contribution in [3.63, 3.8) is 0 Å². The number of thiazole rings is 1. The first-order valence-electron chi connectivity index (χ1n) is 11.5. The summed E-state index contributed by atoms with van der Waals surface area (Å²) in [4.78, 5) is 35.5. The van der Waals surface area contributed by atoms with E-state index >= 15 is 0 Å². The number of hydrogen-bond donors (Lipinski definition) is 0. The zero-order valence-electron chi connectivity index (χ0n) is 20.6. The molecule has 0 bridgehead atoms. The summed E-state index contributed by atoms with van der Waals surface area (Å²) in [5, 5.41) is 1.12. The van der Waals surface area contributed by atoms with Crippen molar-refractivity contribution in [1.29, 1.82) is 0 Å². The minimum absolute atomic E-state index is 0.0354. The topological polar surface area (TPSA) is 122 Å². The second-order valence-corrected chi connectivity index (χ2v) is 10.2. The molecule has 0 aliphatic carbocycles. The highest BCUT2D eigenvalue weighted by Gasteiger charge is 2.30. The maximum absolute atomic E-state index is 12.6. The molecule has 39 heavy (non-hydrogen) atoms. The van der Waals surface area contributed by atoms with Gasteiger partial charge in [0.25, 0.3) is 6.29 Å². The van der Waals surface area contributed by atoms with Crippen LogP contribution in [0.15, 0.2) is 36.8 Å². The zero-order chi connectivity index (χ0) is 27.3. The number of ether oxygens (including phenoxy) is 4. The van der Waals surface area contributed by atoms with Crippen molar-refractivity contribution in [3.8, 4) is 28.0 Å². The van der Waals surface area contributed by atoms with Crippen molar-refractivity contribution < 1.29 is 23.7 Å². The molecule has 5 aromatic rings. The number of methoxy groups -OCH3 is 1. The number of amides is 1. The quantitative estimate of drug-likeness (QED) is 0.243. The Labute approximate surface area is 235 Å². The molecule has 0 saturated heterocycles. The lowest BCUT2D eigenvalue weighted by atomic mass is 10.1. The van der Waals surface area contributed by atoms with Gasteiger partial charge in [-0.25, -0.2) is 29.7 Å². The van der Waals surface area contributed by atoms with E-state index in [9.17, 15) is 4.79 Å². The van der Waals surface area contributed by atoms with Crippen LogP contribution in [0, 0.1) is 6.92 Å². The van der Waals surface area contributed by atoms with E-state index in [4.69, 9.17) is 47.1 Å². The van der Waals surface area contributed by atoms with Crippen LogP contribution in [0.4, 0.5) is 10.5 Å². The number of anilines is 1. The molecule has 1 atom stereocenters. The van der Waals surface area contributed by atoms with Crippen molar-refractivity contribution in [1.82, 2.24) is 24.9 Å². The average molecular weight is 585 g/mol. The first-order valence-corrected chi connectivity index (χ1v) is 13.0. The van der Waals surface area contributed by atoms with Crippen LogP contribution in [0.25, 0.3) is 31.8 Å². The monoisotopic (exact) mass is 584 g/mol. The van der Waals surface area contributed by atoms with E-state index in [0.717, 1.165) is 11.1 Å². The number of aryl methyl sites for hydroxylation is 1. The number of benzene rings is 2. The molecule has 0 saturated carbocycles. The molecule has 3 aromatic heterocycles. The second-order valence-electron chi connectivity index (χ2n) is 8.49. The van der Waals surface area contributed by atoms with Crippen LogP contribution in [-0.2, 0) is 4.74 Å². The summed E-state index contributed by atoms with van der Waals surface area (Å²) < 4.78 is 23.3. The van der Waals surface area contributed by atoms with E-state index in [1.54, 1.807) is 19.4 Å². The molecular weight excluding hydrogens is 567 g/mol. The Morgan fingerprint density at radius 3 is 2.67 bits per heavy atom. The molecule has 6 rings (SSSR count). The molecule has 0 spiro atoms. The van der Waals surface area contributed by atoms with Crippen LogP contribution in [-0.4, -0.2) is 58.1 Å². The fourth-order valence-electron chi connectivity index (χ4n) is 4.01. The maximum atomic E-state index is 12.6. The predicted molar refractivity (Wildman–Crippen MR) is 146 cm³/mol. The average Bonchev–Trinajstić information content (AvgIpc) is 3.38. The molecule has 14 heteroatoms. The Kier molecular flexibility index (Phi) is 6.45. The van der Waals surface area contributed by atoms with Crippen LogP contribution in [0.5, 0.6) is 17.4 Å². The number of halogens is 2. The van der Waals surface area contributed by atoms with Gasteiger partial charge in [-0.3, -0.25) is 4.90 Å². The maximum Gasteiger partial charge on any atom is 0.417 e. The van der Waals surface area contributed by atoms with Crippen LogP contribution in [0.1, 0.15) is 5.56 Å². The fourth-order valence-corrected chi connectivity index (χ4v) is 5.50. The van der Waals surface area contributed by atoms with Gasteiger partial charge in [0.15, 0.2) is 18.1 Å². The molecule has 0 radical (unpaired) electrons. The predicted octanol–water partition coefficient (Wildman–Crippen LogP) is 5.69. The molecule has 198 valence electrons. The minimum atomic E-state index is -1.01. The highest BCUT2D eigenvalue weighted by Crippen LogP contribution is 2.47. The molecule has 11 nitrogen and oxygen atoms in total. The largest absolute Gasteiger partial charge is 0.480 e. The van der Waals surface area contributed by atoms with Crippen LogP contribution in [0.3, 0.4) is 0 Å². The summed E-state index contributed by atoms with van der Waals surface area (Å²) in [5.41, 5.74) is 4.14. The van der Waals surface area contributed by atoms with Gasteiger partial charge in [0.2, 0.25) is 11.2 Å². The van der Waals surface area contributed by atoms with Gasteiger partial charge in [0.1, 0.15) is 15.2 Å². The summed E-state index contributed by atoms with van der Waals surface area (Å²) in [5.74, 6) is 1.23. The van der Waals surface area contributed by atoms with E-state index in [0.29, 0.717) is 54.3 Å². The number of carbonyl (C=O) groups is 1. The third-order valence-electron chi connectivity index (χ3n) is 5.87. The number of hydrogen-bond acceptors (Lipinski definition) is 11. The normalized spacial score (nSPS) is 14.4. The van der Waals surface area contributed by atoms with Gasteiger partial charge in [-0.1, -0.05) is 11.6 Å². The number of aromatic nitrogens is 5. The molecular formula is C25H18Cl2N6O5S. The van der Waals surface area contributed by atoms with E-state index < -0.39 is 12.4 Å². The van der Waals surface area contributed by atoms with E-state index in [-0.39, 0.29) is 11.9 Å². The van der Waals surface area contributed by atoms with Gasteiger partial charge in [-0.15, -0.1) is 11.3 Å². The first-order chi connectivity index (χ1) is 18.8. The van der Waals surface area contributed by atoms with Crippen molar-refractivity contribution in [2.45, 2.75) is 13.2 Å². The van der Waals surface area contributed by atoms with Crippen molar-refractivity contribution in [3.05, 3.63) is 52.7 Å². The summed E-state index contributed by atoms with van der Waals surface area (Å²) in [7, 11) is 3.06. The number of carbonyl (C=O) groups excluding carboxylic acids is 1. The molecule has 0 unspecified atom stereocenters. The Bertz CT molecular complexity index is 1750. The van der Waals surface area contributed by atoms with Gasteiger partial charge in [-0.2, -0.15) is 0 Å². The van der Waals surface area contributed by atoms with Gasteiger partial charge in [0, 0.05) is 18.7 Å². The molecule has 2 aromatic carbocycles. The van der Waals surface area contributed by atoms with Crippen LogP contribution >= 0.6 is 34.5 Å². The van der Waals surface area contributed by atoms with Gasteiger partial charge in [0.05, 0.1) is 47.4 Å². The lowest BCUT2D eigenvalue weighted by Gasteiger charge is -2.27. The number of rotatable bonds is 4. The molecule has 1 amide bonds. The third-order valence-corrected chi connectivity index (χ3v) is 7.44. The third kappa shape index (κ3) is 4.71. The number of nitrogens with zero attached hydrogens (tertiary/aromatic N) is 6. The van der Waals surface area contributed by atoms with Gasteiger partial charge < -0.3 is 18.9 Å². The van der Waals surface area contributed by atoms with Crippen LogP contribution < -0.4 is 19.1 Å². The molecule has 1 aliphatic heterocycles. The molecule has 0 fully saturated rings. The zero-order valence-corrected chi connectivity index (χ0v) is 23.0. The Balaban J connectivity index is 1.30. The smallest absolute Gasteiger partial charge is 0.417 e. The van der Waals surface area contributed by atoms with E-state index in [2.05, 4.69) is 19.9 Å². The van der Waals surface area contributed by atoms with Crippen LogP contribution in [0.2, 0.25) is 10.3 Å². The Morgan fingerprint density at radius 1 is 1.10 bits per heavy atom. The lowest BCUT2D eigenvalue weighted by molar-refractivity contribution is -0.0717. The lowest BCUT2D eigenvalue weighted by Crippen LogP contribution is -2.38. The number of fused-ring (bicyclic) bond motifs is 4. The highest BCUT2D eigenvalue weighted by atomic mass is 35.5. The molecule has 0 N–H and O–H groups in total. The van der Waals surface area contributed by atoms with Gasteiger partial charge in [-0.05, 0) is 36.2 Å². The Morgan fingerprint density at radius 2 is 1.90 bits per heavy atom. The molecule has 1 aliphatic rings. The minimum Gasteiger partial charge on any atom is -0.480 e.